The number of carbonyl (C=O) groups excluding carboxylic acids is 1. The van der Waals surface area contributed by atoms with Crippen molar-refractivity contribution in [1.82, 2.24) is 4.98 Å². The number of rotatable bonds is 4. The fourth-order valence-corrected chi connectivity index (χ4v) is 2.11. The maximum absolute atomic E-state index is 11.4. The molecule has 5 heteroatoms. The van der Waals surface area contributed by atoms with Gasteiger partial charge in [0, 0.05) is 6.08 Å². The van der Waals surface area contributed by atoms with Gasteiger partial charge in [0.2, 0.25) is 5.89 Å². The standard InChI is InChI=1S/C17H13NO4/c1-3-15(19)21-14-10-6-7-11(16(14)20-2)17-18-12-8-4-5-9-13(12)22-17/h3-10H,1H2,2H3. The molecule has 0 aliphatic rings. The molecule has 0 aliphatic heterocycles. The predicted octanol–water partition coefficient (Wildman–Crippen LogP) is 3.59. The third kappa shape index (κ3) is 2.44. The summed E-state index contributed by atoms with van der Waals surface area (Å²) in [4.78, 5) is 15.8. The van der Waals surface area contributed by atoms with Gasteiger partial charge in [0.05, 0.1) is 12.7 Å². The first kappa shape index (κ1) is 13.9. The normalized spacial score (nSPS) is 10.4. The fraction of sp³-hybridized carbons (Fsp3) is 0.0588. The van der Waals surface area contributed by atoms with Crippen molar-refractivity contribution in [3.8, 4) is 23.0 Å². The van der Waals surface area contributed by atoms with Gasteiger partial charge in [-0.1, -0.05) is 24.8 Å². The van der Waals surface area contributed by atoms with Gasteiger partial charge in [-0.3, -0.25) is 0 Å². The number of aromatic nitrogens is 1. The minimum atomic E-state index is -0.562. The van der Waals surface area contributed by atoms with E-state index < -0.39 is 5.97 Å². The molecular weight excluding hydrogens is 282 g/mol. The Morgan fingerprint density at radius 2 is 2.05 bits per heavy atom. The molecule has 0 unspecified atom stereocenters. The largest absolute Gasteiger partial charge is 0.492 e. The van der Waals surface area contributed by atoms with E-state index in [1.165, 1.54) is 7.11 Å². The van der Waals surface area contributed by atoms with Crippen LogP contribution in [0.15, 0.2) is 59.5 Å². The van der Waals surface area contributed by atoms with Crippen molar-refractivity contribution in [1.29, 1.82) is 0 Å². The van der Waals surface area contributed by atoms with Crippen LogP contribution in [0.3, 0.4) is 0 Å². The molecule has 0 atom stereocenters. The topological polar surface area (TPSA) is 61.6 Å². The van der Waals surface area contributed by atoms with Crippen LogP contribution in [0.5, 0.6) is 11.5 Å². The van der Waals surface area contributed by atoms with E-state index in [-0.39, 0.29) is 5.75 Å². The number of nitrogens with zero attached hydrogens (tertiary/aromatic N) is 1. The zero-order valence-electron chi connectivity index (χ0n) is 11.9. The second-order valence-electron chi connectivity index (χ2n) is 4.45. The van der Waals surface area contributed by atoms with Crippen molar-refractivity contribution in [2.24, 2.45) is 0 Å². The van der Waals surface area contributed by atoms with E-state index in [1.807, 2.05) is 24.3 Å². The number of hydrogen-bond donors (Lipinski definition) is 0. The summed E-state index contributed by atoms with van der Waals surface area (Å²) in [6, 6.07) is 12.6. The Hall–Kier alpha value is -3.08. The zero-order chi connectivity index (χ0) is 15.5. The summed E-state index contributed by atoms with van der Waals surface area (Å²) in [5.74, 6) is 0.499. The summed E-state index contributed by atoms with van der Waals surface area (Å²) >= 11 is 0. The molecule has 0 aliphatic carbocycles. The highest BCUT2D eigenvalue weighted by Crippen LogP contribution is 2.38. The van der Waals surface area contributed by atoms with Crippen molar-refractivity contribution < 1.29 is 18.7 Å². The molecule has 0 spiro atoms. The monoisotopic (exact) mass is 295 g/mol. The average molecular weight is 295 g/mol. The summed E-state index contributed by atoms with van der Waals surface area (Å²) in [7, 11) is 1.49. The van der Waals surface area contributed by atoms with E-state index in [2.05, 4.69) is 11.6 Å². The lowest BCUT2D eigenvalue weighted by molar-refractivity contribution is -0.129. The number of hydrogen-bond acceptors (Lipinski definition) is 5. The van der Waals surface area contributed by atoms with Crippen LogP contribution >= 0.6 is 0 Å². The Balaban J connectivity index is 2.11. The number of methoxy groups -OCH3 is 1. The second kappa shape index (κ2) is 5.73. The molecule has 5 nitrogen and oxygen atoms in total. The van der Waals surface area contributed by atoms with Gasteiger partial charge < -0.3 is 13.9 Å². The summed E-state index contributed by atoms with van der Waals surface area (Å²) in [5.41, 5.74) is 2.02. The molecule has 0 bridgehead atoms. The third-order valence-electron chi connectivity index (χ3n) is 3.08. The minimum Gasteiger partial charge on any atom is -0.492 e. The summed E-state index contributed by atoms with van der Waals surface area (Å²) in [6.07, 6.45) is 1.09. The number of para-hydroxylation sites is 3. The molecule has 2 aromatic carbocycles. The van der Waals surface area contributed by atoms with Gasteiger partial charge in [-0.25, -0.2) is 9.78 Å². The van der Waals surface area contributed by atoms with Gasteiger partial charge in [0.25, 0.3) is 0 Å². The highest BCUT2D eigenvalue weighted by molar-refractivity contribution is 5.85. The maximum atomic E-state index is 11.4. The summed E-state index contributed by atoms with van der Waals surface area (Å²) < 4.78 is 16.3. The van der Waals surface area contributed by atoms with E-state index in [0.717, 1.165) is 11.6 Å². The molecule has 110 valence electrons. The predicted molar refractivity (Wildman–Crippen MR) is 81.8 cm³/mol. The molecule has 1 heterocycles. The second-order valence-corrected chi connectivity index (χ2v) is 4.45. The van der Waals surface area contributed by atoms with Gasteiger partial charge in [-0.15, -0.1) is 0 Å². The number of esters is 1. The summed E-state index contributed by atoms with van der Waals surface area (Å²) in [6.45, 7) is 3.38. The Morgan fingerprint density at radius 3 is 2.77 bits per heavy atom. The van der Waals surface area contributed by atoms with Crippen LogP contribution in [-0.4, -0.2) is 18.1 Å². The lowest BCUT2D eigenvalue weighted by Gasteiger charge is -2.10. The van der Waals surface area contributed by atoms with Crippen LogP contribution in [0, 0.1) is 0 Å². The zero-order valence-corrected chi connectivity index (χ0v) is 11.9. The van der Waals surface area contributed by atoms with Gasteiger partial charge in [-0.05, 0) is 24.3 Å². The maximum Gasteiger partial charge on any atom is 0.335 e. The molecule has 22 heavy (non-hydrogen) atoms. The van der Waals surface area contributed by atoms with Crippen LogP contribution in [-0.2, 0) is 4.79 Å². The van der Waals surface area contributed by atoms with Crippen molar-refractivity contribution in [3.05, 3.63) is 55.1 Å². The minimum absolute atomic E-state index is 0.284. The quantitative estimate of drug-likeness (QED) is 0.418. The summed E-state index contributed by atoms with van der Waals surface area (Å²) in [5, 5.41) is 0. The molecule has 0 saturated heterocycles. The number of ether oxygens (including phenoxy) is 2. The Kier molecular flexibility index (Phi) is 3.62. The molecule has 0 fully saturated rings. The first-order valence-electron chi connectivity index (χ1n) is 6.60. The molecule has 0 N–H and O–H groups in total. The molecule has 3 rings (SSSR count). The third-order valence-corrected chi connectivity index (χ3v) is 3.08. The van der Waals surface area contributed by atoms with E-state index >= 15 is 0 Å². The molecule has 0 radical (unpaired) electrons. The van der Waals surface area contributed by atoms with Crippen LogP contribution in [0.1, 0.15) is 0 Å². The van der Waals surface area contributed by atoms with E-state index in [9.17, 15) is 4.79 Å². The molecule has 0 amide bonds. The van der Waals surface area contributed by atoms with Crippen LogP contribution in [0.2, 0.25) is 0 Å². The lowest BCUT2D eigenvalue weighted by atomic mass is 10.2. The van der Waals surface area contributed by atoms with Crippen LogP contribution in [0.25, 0.3) is 22.6 Å². The van der Waals surface area contributed by atoms with Gasteiger partial charge in [0.1, 0.15) is 5.52 Å². The van der Waals surface area contributed by atoms with Crippen LogP contribution in [0.4, 0.5) is 0 Å². The van der Waals surface area contributed by atoms with E-state index in [0.29, 0.717) is 22.8 Å². The fourth-order valence-electron chi connectivity index (χ4n) is 2.11. The first-order chi connectivity index (χ1) is 10.7. The van der Waals surface area contributed by atoms with Gasteiger partial charge in [0.15, 0.2) is 17.1 Å². The average Bonchev–Trinajstić information content (AvgIpc) is 2.98. The van der Waals surface area contributed by atoms with Gasteiger partial charge >= 0.3 is 5.97 Å². The van der Waals surface area contributed by atoms with Gasteiger partial charge in [-0.2, -0.15) is 0 Å². The number of oxazole rings is 1. The SMILES string of the molecule is C=CC(=O)Oc1cccc(-c2nc3ccccc3o2)c1OC. The highest BCUT2D eigenvalue weighted by Gasteiger charge is 2.18. The smallest absolute Gasteiger partial charge is 0.335 e. The van der Waals surface area contributed by atoms with Crippen molar-refractivity contribution in [2.75, 3.05) is 7.11 Å². The first-order valence-corrected chi connectivity index (χ1v) is 6.60. The van der Waals surface area contributed by atoms with Crippen molar-refractivity contribution >= 4 is 17.1 Å². The Morgan fingerprint density at radius 1 is 1.23 bits per heavy atom. The van der Waals surface area contributed by atoms with Crippen LogP contribution < -0.4 is 9.47 Å². The molecular formula is C17H13NO4. The van der Waals surface area contributed by atoms with Crippen molar-refractivity contribution in [2.45, 2.75) is 0 Å². The lowest BCUT2D eigenvalue weighted by Crippen LogP contribution is -2.05. The Bertz CT molecular complexity index is 818. The number of benzene rings is 2. The van der Waals surface area contributed by atoms with E-state index in [1.54, 1.807) is 18.2 Å². The highest BCUT2D eigenvalue weighted by atomic mass is 16.6. The number of carbonyl (C=O) groups is 1. The Labute approximate surface area is 126 Å². The van der Waals surface area contributed by atoms with Crippen molar-refractivity contribution in [3.63, 3.8) is 0 Å². The van der Waals surface area contributed by atoms with E-state index in [4.69, 9.17) is 13.9 Å². The molecule has 3 aromatic rings. The molecule has 0 saturated carbocycles. The number of fused-ring (bicyclic) bond motifs is 1. The molecule has 1 aromatic heterocycles.